The summed E-state index contributed by atoms with van der Waals surface area (Å²) in [6.45, 7) is 13.7. The Bertz CT molecular complexity index is 691. The minimum Gasteiger partial charge on any atom is -0.399 e. The van der Waals surface area contributed by atoms with Crippen LogP contribution in [0.15, 0.2) is 18.2 Å². The highest BCUT2D eigenvalue weighted by molar-refractivity contribution is 6.62. The number of fused-ring (bicyclic) bond motifs is 1. The third-order valence-electron chi connectivity index (χ3n) is 7.48. The van der Waals surface area contributed by atoms with Crippen LogP contribution in [-0.2, 0) is 9.31 Å². The molecule has 25 heavy (non-hydrogen) atoms. The number of nitrogens with one attached hydrogen (secondary N) is 1. The molecule has 4 rings (SSSR count). The average molecular weight is 345 g/mol. The summed E-state index contributed by atoms with van der Waals surface area (Å²) in [6, 6.07) is 5.00. The molecule has 1 aromatic rings. The molecule has 1 N–H and O–H groups in total. The molecule has 4 atom stereocenters. The predicted octanol–water partition coefficient (Wildman–Crippen LogP) is 3.83. The van der Waals surface area contributed by atoms with Gasteiger partial charge in [0.25, 0.3) is 0 Å². The van der Waals surface area contributed by atoms with Gasteiger partial charge in [-0.2, -0.15) is 0 Å². The quantitative estimate of drug-likeness (QED) is 0.823. The summed E-state index contributed by atoms with van der Waals surface area (Å²) >= 11 is 0. The van der Waals surface area contributed by atoms with Crippen molar-refractivity contribution in [2.45, 2.75) is 59.2 Å². The Morgan fingerprint density at radius 2 is 1.68 bits per heavy atom. The van der Waals surface area contributed by atoms with Gasteiger partial charge in [0.15, 0.2) is 0 Å². The average Bonchev–Trinajstić information content (AvgIpc) is 3.26. The first-order valence-corrected chi connectivity index (χ1v) is 9.46. The number of halogens is 1. The van der Waals surface area contributed by atoms with Crippen molar-refractivity contribution in [1.29, 1.82) is 0 Å². The molecule has 0 spiro atoms. The summed E-state index contributed by atoms with van der Waals surface area (Å²) in [4.78, 5) is 0. The second-order valence-corrected chi connectivity index (χ2v) is 9.36. The van der Waals surface area contributed by atoms with Gasteiger partial charge in [0.05, 0.1) is 11.2 Å². The molecule has 3 nitrogen and oxygen atoms in total. The lowest BCUT2D eigenvalue weighted by Crippen LogP contribution is -2.41. The fraction of sp³-hybridized carbons (Fsp3) is 0.700. The maximum Gasteiger partial charge on any atom is 0.495 e. The van der Waals surface area contributed by atoms with E-state index in [4.69, 9.17) is 9.31 Å². The van der Waals surface area contributed by atoms with E-state index in [-0.39, 0.29) is 5.82 Å². The van der Waals surface area contributed by atoms with Crippen LogP contribution in [0.1, 0.15) is 48.0 Å². The van der Waals surface area contributed by atoms with Gasteiger partial charge in [-0.15, -0.1) is 0 Å². The first-order chi connectivity index (χ1) is 11.6. The Hall–Kier alpha value is -1.07. The highest BCUT2D eigenvalue weighted by atomic mass is 19.1. The zero-order valence-electron chi connectivity index (χ0n) is 16.2. The maximum absolute atomic E-state index is 14.1. The number of rotatable bonds is 5. The smallest absolute Gasteiger partial charge is 0.399 e. The van der Waals surface area contributed by atoms with Crippen LogP contribution in [0.4, 0.5) is 10.1 Å². The second-order valence-electron chi connectivity index (χ2n) is 9.36. The van der Waals surface area contributed by atoms with Crippen LogP contribution in [0.3, 0.4) is 0 Å². The molecular weight excluding hydrogens is 316 g/mol. The fourth-order valence-electron chi connectivity index (χ4n) is 4.71. The standard InChI is InChI=1S/C20H29BFNO2/c1-12-17-16(20(12,17)6)7-8-23-15-10-13(9-14(22)11-15)21-24-18(2,3)19(4,5)25-21/h9-12,16-17,23H,7-8H2,1-6H3/t12?,16?,17-,20?/m1/s1. The SMILES string of the molecule is CC1[C@@H]2C(CCNc3cc(F)cc(B4OC(C)(C)C(C)(C)O4)c3)C12C. The zero-order valence-corrected chi connectivity index (χ0v) is 16.2. The molecule has 2 aliphatic carbocycles. The molecule has 3 unspecified atom stereocenters. The van der Waals surface area contributed by atoms with Gasteiger partial charge in [-0.3, -0.25) is 0 Å². The number of hydrogen-bond acceptors (Lipinski definition) is 3. The van der Waals surface area contributed by atoms with Crippen molar-refractivity contribution in [1.82, 2.24) is 0 Å². The van der Waals surface area contributed by atoms with Crippen LogP contribution < -0.4 is 10.8 Å². The number of anilines is 1. The third kappa shape index (κ3) is 2.62. The van der Waals surface area contributed by atoms with Crippen LogP contribution in [-0.4, -0.2) is 24.9 Å². The molecule has 1 heterocycles. The van der Waals surface area contributed by atoms with Gasteiger partial charge in [-0.1, -0.05) is 13.8 Å². The first-order valence-electron chi connectivity index (χ1n) is 9.46. The van der Waals surface area contributed by atoms with Gasteiger partial charge in [-0.25, -0.2) is 4.39 Å². The molecule has 3 aliphatic rings. The van der Waals surface area contributed by atoms with E-state index in [0.29, 0.717) is 5.41 Å². The lowest BCUT2D eigenvalue weighted by atomic mass is 9.79. The molecule has 1 aromatic carbocycles. The van der Waals surface area contributed by atoms with Crippen molar-refractivity contribution in [3.63, 3.8) is 0 Å². The molecule has 5 heteroatoms. The van der Waals surface area contributed by atoms with Gasteiger partial charge >= 0.3 is 7.12 Å². The van der Waals surface area contributed by atoms with Crippen molar-refractivity contribution in [2.75, 3.05) is 11.9 Å². The van der Waals surface area contributed by atoms with Gasteiger partial charge in [0.2, 0.25) is 0 Å². The molecule has 3 fully saturated rings. The molecule has 0 radical (unpaired) electrons. The highest BCUT2D eigenvalue weighted by Gasteiger charge is 2.80. The zero-order chi connectivity index (χ0) is 18.2. The Labute approximate surface area is 150 Å². The lowest BCUT2D eigenvalue weighted by molar-refractivity contribution is 0.00578. The van der Waals surface area contributed by atoms with E-state index in [1.807, 2.05) is 33.8 Å². The van der Waals surface area contributed by atoms with Crippen LogP contribution >= 0.6 is 0 Å². The molecule has 0 aromatic heterocycles. The van der Waals surface area contributed by atoms with E-state index in [9.17, 15) is 4.39 Å². The van der Waals surface area contributed by atoms with Gasteiger partial charge in [-0.05, 0) is 80.9 Å². The fourth-order valence-corrected chi connectivity index (χ4v) is 4.71. The van der Waals surface area contributed by atoms with E-state index in [0.717, 1.165) is 41.9 Å². The van der Waals surface area contributed by atoms with E-state index >= 15 is 0 Å². The normalized spacial score (nSPS) is 36.9. The molecular formula is C20H29BFNO2. The summed E-state index contributed by atoms with van der Waals surface area (Å²) in [7, 11) is -0.530. The minimum atomic E-state index is -0.530. The van der Waals surface area contributed by atoms with Gasteiger partial charge in [0, 0.05) is 12.2 Å². The monoisotopic (exact) mass is 345 g/mol. The predicted molar refractivity (Wildman–Crippen MR) is 99.5 cm³/mol. The Morgan fingerprint density at radius 3 is 2.24 bits per heavy atom. The molecule has 2 saturated carbocycles. The third-order valence-corrected chi connectivity index (χ3v) is 7.48. The summed E-state index contributed by atoms with van der Waals surface area (Å²) < 4.78 is 26.2. The van der Waals surface area contributed by atoms with E-state index < -0.39 is 18.3 Å². The minimum absolute atomic E-state index is 0.260. The molecule has 136 valence electrons. The Kier molecular flexibility index (Phi) is 3.63. The van der Waals surface area contributed by atoms with Crippen LogP contribution in [0.5, 0.6) is 0 Å². The summed E-state index contributed by atoms with van der Waals surface area (Å²) in [5.74, 6) is 2.43. The van der Waals surface area contributed by atoms with Crippen molar-refractivity contribution in [3.8, 4) is 0 Å². The van der Waals surface area contributed by atoms with Crippen molar-refractivity contribution >= 4 is 18.3 Å². The van der Waals surface area contributed by atoms with Crippen LogP contribution in [0.2, 0.25) is 0 Å². The van der Waals surface area contributed by atoms with Crippen molar-refractivity contribution < 1.29 is 13.7 Å². The molecule has 1 saturated heterocycles. The second kappa shape index (κ2) is 5.23. The highest BCUT2D eigenvalue weighted by Crippen LogP contribution is 2.84. The van der Waals surface area contributed by atoms with Gasteiger partial charge in [0.1, 0.15) is 5.82 Å². The van der Waals surface area contributed by atoms with Crippen LogP contribution in [0.25, 0.3) is 0 Å². The topological polar surface area (TPSA) is 30.5 Å². The largest absolute Gasteiger partial charge is 0.495 e. The summed E-state index contributed by atoms with van der Waals surface area (Å²) in [6.07, 6.45) is 1.16. The van der Waals surface area contributed by atoms with E-state index in [1.165, 1.54) is 6.07 Å². The summed E-state index contributed by atoms with van der Waals surface area (Å²) in [5.41, 5.74) is 1.30. The van der Waals surface area contributed by atoms with Crippen LogP contribution in [0, 0.1) is 29.0 Å². The van der Waals surface area contributed by atoms with Crippen molar-refractivity contribution in [3.05, 3.63) is 24.0 Å². The lowest BCUT2D eigenvalue weighted by Gasteiger charge is -2.32. The Balaban J connectivity index is 1.39. The molecule has 0 bridgehead atoms. The Morgan fingerprint density at radius 1 is 1.08 bits per heavy atom. The van der Waals surface area contributed by atoms with Gasteiger partial charge < -0.3 is 14.6 Å². The van der Waals surface area contributed by atoms with E-state index in [1.54, 1.807) is 6.07 Å². The maximum atomic E-state index is 14.1. The molecule has 1 aliphatic heterocycles. The number of benzene rings is 1. The summed E-state index contributed by atoms with van der Waals surface area (Å²) in [5, 5.41) is 3.38. The molecule has 0 amide bonds. The first kappa shape index (κ1) is 17.4. The van der Waals surface area contributed by atoms with E-state index in [2.05, 4.69) is 19.2 Å². The van der Waals surface area contributed by atoms with Crippen molar-refractivity contribution in [2.24, 2.45) is 23.2 Å². The number of hydrogen-bond donors (Lipinski definition) is 1.